The molecule has 3 heterocycles. The van der Waals surface area contributed by atoms with E-state index in [0.29, 0.717) is 0 Å². The number of amides is 1. The standard InChI is InChI=1S/C20H19N3OS/c24-20(18-9-5-13-25-18)23-12-4-8-16(14-23)17-10-11-21-19(22-17)15-6-2-1-3-7-15/h1-3,5-7,9-11,13,16H,4,8,12,14H2. The molecule has 0 N–H and O–H groups in total. The van der Waals surface area contributed by atoms with Gasteiger partial charge in [-0.05, 0) is 30.4 Å². The van der Waals surface area contributed by atoms with Gasteiger partial charge in [0.2, 0.25) is 0 Å². The second-order valence-corrected chi connectivity index (χ2v) is 7.19. The first-order valence-electron chi connectivity index (χ1n) is 8.52. The van der Waals surface area contributed by atoms with Gasteiger partial charge in [0, 0.05) is 36.5 Å². The summed E-state index contributed by atoms with van der Waals surface area (Å²) in [6.45, 7) is 1.55. The third-order valence-corrected chi connectivity index (χ3v) is 5.43. The fourth-order valence-corrected chi connectivity index (χ4v) is 3.98. The van der Waals surface area contributed by atoms with E-state index in [4.69, 9.17) is 4.98 Å². The highest BCUT2D eigenvalue weighted by Gasteiger charge is 2.27. The fourth-order valence-electron chi connectivity index (χ4n) is 3.29. The Labute approximate surface area is 151 Å². The van der Waals surface area contributed by atoms with Crippen LogP contribution in [0, 0.1) is 0 Å². The maximum absolute atomic E-state index is 12.6. The predicted octanol–water partition coefficient (Wildman–Crippen LogP) is 4.22. The van der Waals surface area contributed by atoms with Crippen LogP contribution in [0.25, 0.3) is 11.4 Å². The van der Waals surface area contributed by atoms with Gasteiger partial charge in [-0.2, -0.15) is 0 Å². The number of benzene rings is 1. The number of thiophene rings is 1. The molecule has 1 aliphatic rings. The molecule has 0 bridgehead atoms. The first-order chi connectivity index (χ1) is 12.3. The summed E-state index contributed by atoms with van der Waals surface area (Å²) in [5.74, 6) is 1.15. The zero-order valence-corrected chi connectivity index (χ0v) is 14.7. The van der Waals surface area contributed by atoms with Crippen LogP contribution >= 0.6 is 11.3 Å². The lowest BCUT2D eigenvalue weighted by atomic mass is 9.94. The number of piperidine rings is 1. The Morgan fingerprint density at radius 2 is 2.00 bits per heavy atom. The molecule has 1 atom stereocenters. The van der Waals surface area contributed by atoms with Crippen LogP contribution in [0.1, 0.15) is 34.1 Å². The van der Waals surface area contributed by atoms with Gasteiger partial charge < -0.3 is 4.90 Å². The molecule has 1 amide bonds. The molecule has 25 heavy (non-hydrogen) atoms. The molecule has 0 aliphatic carbocycles. The van der Waals surface area contributed by atoms with Crippen LogP contribution in [0.2, 0.25) is 0 Å². The van der Waals surface area contributed by atoms with E-state index in [9.17, 15) is 4.79 Å². The van der Waals surface area contributed by atoms with E-state index in [0.717, 1.165) is 47.9 Å². The van der Waals surface area contributed by atoms with Crippen molar-refractivity contribution in [3.63, 3.8) is 0 Å². The highest BCUT2D eigenvalue weighted by atomic mass is 32.1. The third-order valence-electron chi connectivity index (χ3n) is 4.57. The van der Waals surface area contributed by atoms with Crippen molar-refractivity contribution < 1.29 is 4.79 Å². The molecular weight excluding hydrogens is 330 g/mol. The average molecular weight is 349 g/mol. The number of rotatable bonds is 3. The largest absolute Gasteiger partial charge is 0.337 e. The zero-order valence-electron chi connectivity index (χ0n) is 13.8. The highest BCUT2D eigenvalue weighted by molar-refractivity contribution is 7.12. The summed E-state index contributed by atoms with van der Waals surface area (Å²) >= 11 is 1.50. The van der Waals surface area contributed by atoms with Crippen molar-refractivity contribution in [1.29, 1.82) is 0 Å². The van der Waals surface area contributed by atoms with E-state index in [1.807, 2.05) is 65.0 Å². The van der Waals surface area contributed by atoms with Gasteiger partial charge in [-0.1, -0.05) is 36.4 Å². The van der Waals surface area contributed by atoms with Gasteiger partial charge in [0.1, 0.15) is 0 Å². The molecule has 0 radical (unpaired) electrons. The van der Waals surface area contributed by atoms with Crippen LogP contribution in [0.5, 0.6) is 0 Å². The van der Waals surface area contributed by atoms with Crippen LogP contribution in [0.3, 0.4) is 0 Å². The highest BCUT2D eigenvalue weighted by Crippen LogP contribution is 2.28. The maximum Gasteiger partial charge on any atom is 0.263 e. The molecule has 0 saturated carbocycles. The molecule has 126 valence electrons. The number of hydrogen-bond acceptors (Lipinski definition) is 4. The predicted molar refractivity (Wildman–Crippen MR) is 99.7 cm³/mol. The maximum atomic E-state index is 12.6. The quantitative estimate of drug-likeness (QED) is 0.711. The Bertz CT molecular complexity index is 848. The molecule has 3 aromatic rings. The molecule has 1 fully saturated rings. The number of likely N-dealkylation sites (tertiary alicyclic amines) is 1. The molecule has 5 heteroatoms. The van der Waals surface area contributed by atoms with Crippen LogP contribution in [0.4, 0.5) is 0 Å². The molecule has 1 saturated heterocycles. The number of hydrogen-bond donors (Lipinski definition) is 0. The van der Waals surface area contributed by atoms with Crippen molar-refractivity contribution >= 4 is 17.2 Å². The SMILES string of the molecule is O=C(c1cccs1)N1CCCC(c2ccnc(-c3ccccc3)n2)C1. The summed E-state index contributed by atoms with van der Waals surface area (Å²) in [6, 6.07) is 15.8. The number of carbonyl (C=O) groups is 1. The Hall–Kier alpha value is -2.53. The van der Waals surface area contributed by atoms with Crippen molar-refractivity contribution in [3.8, 4) is 11.4 Å². The fraction of sp³-hybridized carbons (Fsp3) is 0.250. The van der Waals surface area contributed by atoms with Gasteiger partial charge in [-0.3, -0.25) is 4.79 Å². The summed E-state index contributed by atoms with van der Waals surface area (Å²) in [7, 11) is 0. The minimum atomic E-state index is 0.136. The summed E-state index contributed by atoms with van der Waals surface area (Å²) in [6.07, 6.45) is 3.89. The molecule has 2 aromatic heterocycles. The van der Waals surface area contributed by atoms with Crippen molar-refractivity contribution in [2.24, 2.45) is 0 Å². The van der Waals surface area contributed by atoms with E-state index in [1.54, 1.807) is 0 Å². The van der Waals surface area contributed by atoms with Crippen LogP contribution < -0.4 is 0 Å². The average Bonchev–Trinajstić information content (AvgIpc) is 3.23. The van der Waals surface area contributed by atoms with E-state index >= 15 is 0 Å². The second-order valence-electron chi connectivity index (χ2n) is 6.24. The van der Waals surface area contributed by atoms with Gasteiger partial charge in [-0.25, -0.2) is 9.97 Å². The van der Waals surface area contributed by atoms with Crippen molar-refractivity contribution in [2.75, 3.05) is 13.1 Å². The lowest BCUT2D eigenvalue weighted by Gasteiger charge is -2.32. The minimum Gasteiger partial charge on any atom is -0.337 e. The minimum absolute atomic E-state index is 0.136. The first kappa shape index (κ1) is 16.0. The van der Waals surface area contributed by atoms with Gasteiger partial charge in [0.25, 0.3) is 5.91 Å². The van der Waals surface area contributed by atoms with Crippen molar-refractivity contribution in [2.45, 2.75) is 18.8 Å². The van der Waals surface area contributed by atoms with Crippen LogP contribution in [-0.2, 0) is 0 Å². The van der Waals surface area contributed by atoms with Gasteiger partial charge >= 0.3 is 0 Å². The Morgan fingerprint density at radius 1 is 1.12 bits per heavy atom. The third kappa shape index (κ3) is 3.46. The molecule has 4 nitrogen and oxygen atoms in total. The zero-order chi connectivity index (χ0) is 17.1. The van der Waals surface area contributed by atoms with Gasteiger partial charge in [0.15, 0.2) is 5.82 Å². The van der Waals surface area contributed by atoms with Crippen molar-refractivity contribution in [3.05, 3.63) is 70.7 Å². The summed E-state index contributed by atoms with van der Waals surface area (Å²) in [5, 5.41) is 1.95. The molecule has 1 aromatic carbocycles. The Balaban J connectivity index is 1.55. The first-order valence-corrected chi connectivity index (χ1v) is 9.40. The summed E-state index contributed by atoms with van der Waals surface area (Å²) < 4.78 is 0. The smallest absolute Gasteiger partial charge is 0.263 e. The number of nitrogens with zero attached hydrogens (tertiary/aromatic N) is 3. The Kier molecular flexibility index (Phi) is 4.57. The number of aromatic nitrogens is 2. The topological polar surface area (TPSA) is 46.1 Å². The Morgan fingerprint density at radius 3 is 2.80 bits per heavy atom. The van der Waals surface area contributed by atoms with Crippen LogP contribution in [-0.4, -0.2) is 33.9 Å². The monoisotopic (exact) mass is 349 g/mol. The molecule has 4 rings (SSSR count). The van der Waals surface area contributed by atoms with E-state index in [2.05, 4.69) is 4.98 Å². The number of carbonyl (C=O) groups excluding carboxylic acids is 1. The van der Waals surface area contributed by atoms with E-state index in [1.165, 1.54) is 11.3 Å². The molecular formula is C20H19N3OS. The second kappa shape index (κ2) is 7.15. The molecule has 1 unspecified atom stereocenters. The normalized spacial score (nSPS) is 17.4. The molecule has 1 aliphatic heterocycles. The van der Waals surface area contributed by atoms with Gasteiger partial charge in [-0.15, -0.1) is 11.3 Å². The molecule has 0 spiro atoms. The van der Waals surface area contributed by atoms with Crippen LogP contribution in [0.15, 0.2) is 60.1 Å². The lowest BCUT2D eigenvalue weighted by Crippen LogP contribution is -2.39. The lowest BCUT2D eigenvalue weighted by molar-refractivity contribution is 0.0711. The van der Waals surface area contributed by atoms with E-state index in [-0.39, 0.29) is 11.8 Å². The van der Waals surface area contributed by atoms with E-state index < -0.39 is 0 Å². The van der Waals surface area contributed by atoms with Gasteiger partial charge in [0.05, 0.1) is 4.88 Å². The summed E-state index contributed by atoms with van der Waals surface area (Å²) in [4.78, 5) is 24.6. The van der Waals surface area contributed by atoms with Crippen molar-refractivity contribution in [1.82, 2.24) is 14.9 Å². The summed E-state index contributed by atoms with van der Waals surface area (Å²) in [5.41, 5.74) is 2.05.